The summed E-state index contributed by atoms with van der Waals surface area (Å²) in [6, 6.07) is 11.7. The van der Waals surface area contributed by atoms with Crippen LogP contribution in [0.25, 0.3) is 0 Å². The summed E-state index contributed by atoms with van der Waals surface area (Å²) < 4.78 is 45.0. The van der Waals surface area contributed by atoms with Gasteiger partial charge in [-0.2, -0.15) is 4.31 Å². The van der Waals surface area contributed by atoms with E-state index in [9.17, 15) is 17.6 Å². The zero-order valence-electron chi connectivity index (χ0n) is 14.9. The van der Waals surface area contributed by atoms with Gasteiger partial charge in [0, 0.05) is 25.2 Å². The van der Waals surface area contributed by atoms with Crippen molar-refractivity contribution in [3.05, 3.63) is 65.5 Å². The number of nitrogens with zero attached hydrogens (tertiary/aromatic N) is 1. The van der Waals surface area contributed by atoms with E-state index in [0.29, 0.717) is 25.3 Å². The second-order valence-corrected chi connectivity index (χ2v) is 8.32. The number of nitrogens with one attached hydrogen (secondary N) is 1. The van der Waals surface area contributed by atoms with Gasteiger partial charge in [-0.15, -0.1) is 0 Å². The van der Waals surface area contributed by atoms with Crippen LogP contribution >= 0.6 is 0 Å². The molecule has 0 bridgehead atoms. The van der Waals surface area contributed by atoms with E-state index in [1.165, 1.54) is 40.7 Å². The number of benzene rings is 2. The van der Waals surface area contributed by atoms with Gasteiger partial charge >= 0.3 is 0 Å². The van der Waals surface area contributed by atoms with Crippen molar-refractivity contribution in [3.8, 4) is 0 Å². The summed E-state index contributed by atoms with van der Waals surface area (Å²) in [5.41, 5.74) is 1.12. The second-order valence-electron chi connectivity index (χ2n) is 6.38. The molecule has 1 fully saturated rings. The molecule has 1 aliphatic rings. The fourth-order valence-corrected chi connectivity index (χ4v) is 4.32. The predicted octanol–water partition coefficient (Wildman–Crippen LogP) is 2.17. The molecule has 0 spiro atoms. The smallest absolute Gasteiger partial charge is 0.251 e. The predicted molar refractivity (Wildman–Crippen MR) is 98.2 cm³/mol. The summed E-state index contributed by atoms with van der Waals surface area (Å²) in [4.78, 5) is 12.4. The molecule has 6 nitrogen and oxygen atoms in total. The van der Waals surface area contributed by atoms with Gasteiger partial charge in [0.25, 0.3) is 5.91 Å². The first-order valence-corrected chi connectivity index (χ1v) is 10.0. The average molecular weight is 392 g/mol. The maximum atomic E-state index is 12.9. The molecule has 8 heteroatoms. The number of hydrogen-bond acceptors (Lipinski definition) is 4. The first-order chi connectivity index (χ1) is 12.9. The van der Waals surface area contributed by atoms with E-state index in [-0.39, 0.29) is 29.3 Å². The second kappa shape index (κ2) is 8.16. The SMILES string of the molecule is CC1CN(S(=O)(=O)c2ccc(C(=O)NCc3ccc(F)cc3)cc2)CCO1. The molecule has 0 aliphatic carbocycles. The highest BCUT2D eigenvalue weighted by atomic mass is 32.2. The van der Waals surface area contributed by atoms with Crippen LogP contribution in [0.3, 0.4) is 0 Å². The number of carbonyl (C=O) groups is 1. The van der Waals surface area contributed by atoms with Gasteiger partial charge in [-0.3, -0.25) is 4.79 Å². The van der Waals surface area contributed by atoms with Crippen molar-refractivity contribution in [3.63, 3.8) is 0 Å². The van der Waals surface area contributed by atoms with E-state index in [4.69, 9.17) is 4.74 Å². The Kier molecular flexibility index (Phi) is 5.88. The molecule has 0 aromatic heterocycles. The van der Waals surface area contributed by atoms with E-state index in [1.807, 2.05) is 6.92 Å². The minimum absolute atomic E-state index is 0.145. The normalized spacial score (nSPS) is 18.2. The van der Waals surface area contributed by atoms with Crippen LogP contribution in [0, 0.1) is 5.82 Å². The zero-order chi connectivity index (χ0) is 19.4. The van der Waals surface area contributed by atoms with Gasteiger partial charge < -0.3 is 10.1 Å². The summed E-state index contributed by atoms with van der Waals surface area (Å²) in [6.45, 7) is 3.07. The fraction of sp³-hybridized carbons (Fsp3) is 0.316. The topological polar surface area (TPSA) is 75.7 Å². The van der Waals surface area contributed by atoms with Crippen molar-refractivity contribution in [2.45, 2.75) is 24.5 Å². The average Bonchev–Trinajstić information content (AvgIpc) is 2.67. The van der Waals surface area contributed by atoms with E-state index in [2.05, 4.69) is 5.32 Å². The molecule has 1 heterocycles. The summed E-state index contributed by atoms with van der Waals surface area (Å²) in [5.74, 6) is -0.667. The maximum Gasteiger partial charge on any atom is 0.251 e. The number of morpholine rings is 1. The third-order valence-electron chi connectivity index (χ3n) is 4.32. The van der Waals surface area contributed by atoms with Gasteiger partial charge in [-0.25, -0.2) is 12.8 Å². The van der Waals surface area contributed by atoms with E-state index < -0.39 is 10.0 Å². The van der Waals surface area contributed by atoms with Crippen LogP contribution in [-0.2, 0) is 21.3 Å². The number of rotatable bonds is 5. The van der Waals surface area contributed by atoms with E-state index >= 15 is 0 Å². The molecule has 1 atom stereocenters. The van der Waals surface area contributed by atoms with Crippen LogP contribution in [0.5, 0.6) is 0 Å². The van der Waals surface area contributed by atoms with Gasteiger partial charge in [0.2, 0.25) is 10.0 Å². The standard InChI is InChI=1S/C19H21FN2O4S/c1-14-13-22(10-11-26-14)27(24,25)18-8-4-16(5-9-18)19(23)21-12-15-2-6-17(20)7-3-15/h2-9,14H,10-13H2,1H3,(H,21,23). The quantitative estimate of drug-likeness (QED) is 0.846. The lowest BCUT2D eigenvalue weighted by molar-refractivity contribution is 0.0102. The molecule has 144 valence electrons. The summed E-state index contributed by atoms with van der Waals surface area (Å²) in [6.07, 6.45) is -0.148. The molecule has 0 saturated carbocycles. The molecule has 27 heavy (non-hydrogen) atoms. The van der Waals surface area contributed by atoms with Crippen molar-refractivity contribution in [1.29, 1.82) is 0 Å². The van der Waals surface area contributed by atoms with Crippen LogP contribution in [-0.4, -0.2) is 44.4 Å². The molecule has 3 rings (SSSR count). The summed E-state index contributed by atoms with van der Waals surface area (Å²) in [5, 5.41) is 2.72. The molecular formula is C19H21FN2O4S. The number of amides is 1. The molecule has 1 saturated heterocycles. The minimum atomic E-state index is -3.61. The molecule has 1 amide bonds. The van der Waals surface area contributed by atoms with Crippen molar-refractivity contribution in [2.75, 3.05) is 19.7 Å². The van der Waals surface area contributed by atoms with Crippen molar-refractivity contribution in [1.82, 2.24) is 9.62 Å². The summed E-state index contributed by atoms with van der Waals surface area (Å²) >= 11 is 0. The lowest BCUT2D eigenvalue weighted by Crippen LogP contribution is -2.44. The van der Waals surface area contributed by atoms with Gasteiger partial charge in [0.1, 0.15) is 5.82 Å². The number of hydrogen-bond donors (Lipinski definition) is 1. The van der Waals surface area contributed by atoms with Crippen molar-refractivity contribution >= 4 is 15.9 Å². The Morgan fingerprint density at radius 3 is 2.48 bits per heavy atom. The van der Waals surface area contributed by atoms with Crippen molar-refractivity contribution < 1.29 is 22.3 Å². The highest BCUT2D eigenvalue weighted by molar-refractivity contribution is 7.89. The zero-order valence-corrected chi connectivity index (χ0v) is 15.7. The number of sulfonamides is 1. The molecule has 1 N–H and O–H groups in total. The third kappa shape index (κ3) is 4.71. The van der Waals surface area contributed by atoms with Gasteiger partial charge in [-0.1, -0.05) is 12.1 Å². The third-order valence-corrected chi connectivity index (χ3v) is 6.20. The Labute approximate surface area is 158 Å². The highest BCUT2D eigenvalue weighted by Crippen LogP contribution is 2.19. The first kappa shape index (κ1) is 19.5. The van der Waals surface area contributed by atoms with Gasteiger partial charge in [0.15, 0.2) is 0 Å². The number of carbonyl (C=O) groups excluding carboxylic acids is 1. The van der Waals surface area contributed by atoms with Gasteiger partial charge in [0.05, 0.1) is 17.6 Å². The molecule has 2 aromatic rings. The molecule has 1 unspecified atom stereocenters. The first-order valence-electron chi connectivity index (χ1n) is 8.61. The maximum absolute atomic E-state index is 12.9. The molecular weight excluding hydrogens is 371 g/mol. The molecule has 0 radical (unpaired) electrons. The van der Waals surface area contributed by atoms with Crippen LogP contribution in [0.15, 0.2) is 53.4 Å². The van der Waals surface area contributed by atoms with E-state index in [1.54, 1.807) is 12.1 Å². The van der Waals surface area contributed by atoms with Crippen LogP contribution in [0.4, 0.5) is 4.39 Å². The molecule has 1 aliphatic heterocycles. The van der Waals surface area contributed by atoms with Gasteiger partial charge in [-0.05, 0) is 48.9 Å². The Hall–Kier alpha value is -2.29. The monoisotopic (exact) mass is 392 g/mol. The van der Waals surface area contributed by atoms with Crippen LogP contribution < -0.4 is 5.32 Å². The molecule has 2 aromatic carbocycles. The Morgan fingerprint density at radius 1 is 1.19 bits per heavy atom. The van der Waals surface area contributed by atoms with Crippen LogP contribution in [0.2, 0.25) is 0 Å². The summed E-state index contributed by atoms with van der Waals surface area (Å²) in [7, 11) is -3.61. The van der Waals surface area contributed by atoms with Crippen LogP contribution in [0.1, 0.15) is 22.8 Å². The fourth-order valence-electron chi connectivity index (χ4n) is 2.82. The Bertz CT molecular complexity index is 898. The Morgan fingerprint density at radius 2 is 1.85 bits per heavy atom. The number of halogens is 1. The largest absolute Gasteiger partial charge is 0.376 e. The lowest BCUT2D eigenvalue weighted by Gasteiger charge is -2.30. The van der Waals surface area contributed by atoms with E-state index in [0.717, 1.165) is 5.56 Å². The highest BCUT2D eigenvalue weighted by Gasteiger charge is 2.29. The number of ether oxygens (including phenoxy) is 1. The minimum Gasteiger partial charge on any atom is -0.376 e. The van der Waals surface area contributed by atoms with Crippen molar-refractivity contribution in [2.24, 2.45) is 0 Å². The lowest BCUT2D eigenvalue weighted by atomic mass is 10.2. The Balaban J connectivity index is 1.65.